The molecule has 0 aliphatic rings. The smallest absolute Gasteiger partial charge is 0.181 e. The number of H-pyrrole nitrogens is 1. The fraction of sp³-hybridized carbons (Fsp3) is 0.455. The van der Waals surface area contributed by atoms with Crippen LogP contribution in [-0.2, 0) is 5.41 Å². The van der Waals surface area contributed by atoms with E-state index in [1.165, 1.54) is 6.20 Å². The van der Waals surface area contributed by atoms with E-state index in [2.05, 4.69) is 15.2 Å². The molecule has 0 fully saturated rings. The van der Waals surface area contributed by atoms with E-state index in [1.54, 1.807) is 0 Å². The number of fused-ring (bicyclic) bond motifs is 1. The van der Waals surface area contributed by atoms with Crippen LogP contribution in [-0.4, -0.2) is 15.2 Å². The highest BCUT2D eigenvalue weighted by Crippen LogP contribution is 2.31. The Balaban J connectivity index is 2.90. The van der Waals surface area contributed by atoms with Gasteiger partial charge in [0, 0.05) is 16.6 Å². The van der Waals surface area contributed by atoms with Crippen LogP contribution in [0.2, 0.25) is 0 Å². The van der Waals surface area contributed by atoms with Gasteiger partial charge in [0.25, 0.3) is 0 Å². The summed E-state index contributed by atoms with van der Waals surface area (Å²) < 4.78 is 13.8. The minimum absolute atomic E-state index is 0.250. The van der Waals surface area contributed by atoms with Crippen molar-refractivity contribution >= 4 is 11.0 Å². The van der Waals surface area contributed by atoms with E-state index in [1.807, 2.05) is 27.7 Å². The summed E-state index contributed by atoms with van der Waals surface area (Å²) in [5.74, 6) is -0.264. The summed E-state index contributed by atoms with van der Waals surface area (Å²) in [6.07, 6.45) is 1.24. The summed E-state index contributed by atoms with van der Waals surface area (Å²) in [7, 11) is 0. The number of aromatic nitrogens is 3. The van der Waals surface area contributed by atoms with Gasteiger partial charge in [0.15, 0.2) is 5.65 Å². The second-order valence-corrected chi connectivity index (χ2v) is 4.78. The predicted molar refractivity (Wildman–Crippen MR) is 57.3 cm³/mol. The molecule has 0 atom stereocenters. The van der Waals surface area contributed by atoms with Gasteiger partial charge >= 0.3 is 0 Å². The van der Waals surface area contributed by atoms with Crippen molar-refractivity contribution < 1.29 is 4.39 Å². The molecule has 2 rings (SSSR count). The molecule has 0 saturated carbocycles. The lowest BCUT2D eigenvalue weighted by Crippen LogP contribution is -2.14. The number of aromatic amines is 1. The van der Waals surface area contributed by atoms with Crippen LogP contribution in [0, 0.1) is 12.7 Å². The maximum atomic E-state index is 13.8. The van der Waals surface area contributed by atoms with Gasteiger partial charge in [0.1, 0.15) is 5.82 Å². The first-order valence-electron chi connectivity index (χ1n) is 4.91. The molecule has 0 amide bonds. The minimum Gasteiger partial charge on any atom is -0.280 e. The number of aryl methyl sites for hydroxylation is 1. The molecule has 0 unspecified atom stereocenters. The van der Waals surface area contributed by atoms with Crippen molar-refractivity contribution in [3.05, 3.63) is 23.3 Å². The van der Waals surface area contributed by atoms with E-state index in [-0.39, 0.29) is 11.2 Å². The minimum atomic E-state index is -0.264. The quantitative estimate of drug-likeness (QED) is 0.721. The molecule has 0 saturated heterocycles. The van der Waals surface area contributed by atoms with Gasteiger partial charge < -0.3 is 0 Å². The van der Waals surface area contributed by atoms with Gasteiger partial charge in [-0.05, 0) is 12.3 Å². The second kappa shape index (κ2) is 3.02. The van der Waals surface area contributed by atoms with E-state index in [0.29, 0.717) is 11.2 Å². The summed E-state index contributed by atoms with van der Waals surface area (Å²) in [5.41, 5.74) is 1.87. The van der Waals surface area contributed by atoms with E-state index in [4.69, 9.17) is 0 Å². The Bertz CT molecular complexity index is 508. The molecule has 1 N–H and O–H groups in total. The van der Waals surface area contributed by atoms with Gasteiger partial charge in [-0.1, -0.05) is 20.8 Å². The number of pyridine rings is 1. The number of rotatable bonds is 0. The maximum Gasteiger partial charge on any atom is 0.181 e. The second-order valence-electron chi connectivity index (χ2n) is 4.78. The summed E-state index contributed by atoms with van der Waals surface area (Å²) in [5, 5.41) is 7.68. The predicted octanol–water partition coefficient (Wildman–Crippen LogP) is 2.70. The molecule has 0 spiro atoms. The Morgan fingerprint density at radius 1 is 1.33 bits per heavy atom. The molecule has 3 nitrogen and oxygen atoms in total. The Hall–Kier alpha value is -1.45. The SMILES string of the molecule is Cc1[nH]nc2ncc(F)c(C(C)(C)C)c12. The zero-order valence-electron chi connectivity index (χ0n) is 9.35. The van der Waals surface area contributed by atoms with Crippen molar-refractivity contribution in [2.45, 2.75) is 33.1 Å². The topological polar surface area (TPSA) is 41.6 Å². The number of hydrogen-bond donors (Lipinski definition) is 1. The molecule has 0 aromatic carbocycles. The van der Waals surface area contributed by atoms with Gasteiger partial charge in [-0.15, -0.1) is 0 Å². The molecule has 0 aliphatic heterocycles. The third kappa shape index (κ3) is 1.50. The van der Waals surface area contributed by atoms with Gasteiger partial charge in [0.05, 0.1) is 6.20 Å². The van der Waals surface area contributed by atoms with Crippen molar-refractivity contribution in [1.82, 2.24) is 15.2 Å². The van der Waals surface area contributed by atoms with Crippen LogP contribution < -0.4 is 0 Å². The molecule has 2 aromatic heterocycles. The summed E-state index contributed by atoms with van der Waals surface area (Å²) >= 11 is 0. The van der Waals surface area contributed by atoms with Crippen molar-refractivity contribution in [1.29, 1.82) is 0 Å². The van der Waals surface area contributed by atoms with Crippen molar-refractivity contribution in [2.24, 2.45) is 0 Å². The molecule has 80 valence electrons. The average Bonchev–Trinajstić information content (AvgIpc) is 2.46. The molecule has 4 heteroatoms. The number of nitrogens with one attached hydrogen (secondary N) is 1. The van der Waals surface area contributed by atoms with Crippen molar-refractivity contribution in [3.63, 3.8) is 0 Å². The summed E-state index contributed by atoms with van der Waals surface area (Å²) in [4.78, 5) is 3.96. The molecule has 0 bridgehead atoms. The third-order valence-corrected chi connectivity index (χ3v) is 2.47. The van der Waals surface area contributed by atoms with Crippen LogP contribution in [0.1, 0.15) is 32.0 Å². The fourth-order valence-corrected chi connectivity index (χ4v) is 1.84. The zero-order valence-corrected chi connectivity index (χ0v) is 9.35. The van der Waals surface area contributed by atoms with Crippen molar-refractivity contribution in [3.8, 4) is 0 Å². The van der Waals surface area contributed by atoms with E-state index >= 15 is 0 Å². The lowest BCUT2D eigenvalue weighted by atomic mass is 9.85. The third-order valence-electron chi connectivity index (χ3n) is 2.47. The maximum absolute atomic E-state index is 13.8. The van der Waals surface area contributed by atoms with Crippen LogP contribution in [0.15, 0.2) is 6.20 Å². The fourth-order valence-electron chi connectivity index (χ4n) is 1.84. The molecular weight excluding hydrogens is 193 g/mol. The number of nitrogens with zero attached hydrogens (tertiary/aromatic N) is 2. The monoisotopic (exact) mass is 207 g/mol. The highest BCUT2D eigenvalue weighted by atomic mass is 19.1. The summed E-state index contributed by atoms with van der Waals surface area (Å²) in [6.45, 7) is 7.83. The van der Waals surface area contributed by atoms with Crippen LogP contribution in [0.4, 0.5) is 4.39 Å². The first-order chi connectivity index (χ1) is 6.91. The molecule has 0 radical (unpaired) electrons. The van der Waals surface area contributed by atoms with Crippen LogP contribution in [0.3, 0.4) is 0 Å². The lowest BCUT2D eigenvalue weighted by Gasteiger charge is -2.20. The molecule has 0 aliphatic carbocycles. The van der Waals surface area contributed by atoms with E-state index in [9.17, 15) is 4.39 Å². The standard InChI is InChI=1S/C11H14FN3/c1-6-8-9(11(2,3)4)7(12)5-13-10(8)15-14-6/h5H,1-4H3,(H,13,14,15). The normalized spacial score (nSPS) is 12.3. The average molecular weight is 207 g/mol. The largest absolute Gasteiger partial charge is 0.280 e. The first-order valence-corrected chi connectivity index (χ1v) is 4.91. The number of halogens is 1. The number of hydrogen-bond acceptors (Lipinski definition) is 2. The van der Waals surface area contributed by atoms with Crippen LogP contribution in [0.5, 0.6) is 0 Å². The first kappa shape index (κ1) is 10.1. The van der Waals surface area contributed by atoms with Crippen LogP contribution in [0.25, 0.3) is 11.0 Å². The Morgan fingerprint density at radius 2 is 2.00 bits per heavy atom. The lowest BCUT2D eigenvalue weighted by molar-refractivity contribution is 0.525. The Morgan fingerprint density at radius 3 is 2.60 bits per heavy atom. The molecular formula is C11H14FN3. The van der Waals surface area contributed by atoms with Gasteiger partial charge in [0.2, 0.25) is 0 Å². The van der Waals surface area contributed by atoms with Gasteiger partial charge in [-0.25, -0.2) is 9.37 Å². The Labute approximate surface area is 87.7 Å². The summed E-state index contributed by atoms with van der Waals surface area (Å²) in [6, 6.07) is 0. The highest BCUT2D eigenvalue weighted by Gasteiger charge is 2.24. The Kier molecular flexibility index (Phi) is 2.03. The van der Waals surface area contributed by atoms with Gasteiger partial charge in [-0.3, -0.25) is 5.10 Å². The van der Waals surface area contributed by atoms with Crippen LogP contribution >= 0.6 is 0 Å². The highest BCUT2D eigenvalue weighted by molar-refractivity contribution is 5.82. The van der Waals surface area contributed by atoms with Gasteiger partial charge in [-0.2, -0.15) is 5.10 Å². The van der Waals surface area contributed by atoms with E-state index < -0.39 is 0 Å². The molecule has 15 heavy (non-hydrogen) atoms. The zero-order chi connectivity index (χ0) is 11.2. The van der Waals surface area contributed by atoms with E-state index in [0.717, 1.165) is 11.1 Å². The molecule has 2 heterocycles. The molecule has 2 aromatic rings. The van der Waals surface area contributed by atoms with Crippen molar-refractivity contribution in [2.75, 3.05) is 0 Å².